The summed E-state index contributed by atoms with van der Waals surface area (Å²) in [4.78, 5) is 12.6. The van der Waals surface area contributed by atoms with Crippen LogP contribution < -0.4 is 14.8 Å². The maximum absolute atomic E-state index is 13.3. The van der Waals surface area contributed by atoms with Gasteiger partial charge in [-0.05, 0) is 67.6 Å². The maximum Gasteiger partial charge on any atom is 0.416 e. The van der Waals surface area contributed by atoms with Crippen LogP contribution in [0.5, 0.6) is 17.2 Å². The quantitative estimate of drug-likeness (QED) is 0.480. The predicted octanol–water partition coefficient (Wildman–Crippen LogP) is 5.55. The third-order valence-electron chi connectivity index (χ3n) is 4.44. The summed E-state index contributed by atoms with van der Waals surface area (Å²) in [7, 11) is -3.58. The Bertz CT molecular complexity index is 1260. The minimum absolute atomic E-state index is 0.0280. The fourth-order valence-corrected chi connectivity index (χ4v) is 3.52. The second-order valence-electron chi connectivity index (χ2n) is 6.97. The van der Waals surface area contributed by atoms with E-state index in [0.717, 1.165) is 30.5 Å². The second kappa shape index (κ2) is 9.53. The fourth-order valence-electron chi connectivity index (χ4n) is 2.85. The molecule has 33 heavy (non-hydrogen) atoms. The summed E-state index contributed by atoms with van der Waals surface area (Å²) in [6, 6.07) is 14.3. The lowest BCUT2D eigenvalue weighted by atomic mass is 10.1. The van der Waals surface area contributed by atoms with Crippen LogP contribution in [0, 0.1) is 0 Å². The van der Waals surface area contributed by atoms with E-state index in [4.69, 9.17) is 9.47 Å². The number of halogens is 3. The van der Waals surface area contributed by atoms with Crippen LogP contribution in [0.3, 0.4) is 0 Å². The molecule has 10 heteroatoms. The van der Waals surface area contributed by atoms with Gasteiger partial charge in [-0.15, -0.1) is 0 Å². The van der Waals surface area contributed by atoms with Crippen molar-refractivity contribution in [1.29, 1.82) is 0 Å². The van der Waals surface area contributed by atoms with Crippen molar-refractivity contribution >= 4 is 21.4 Å². The maximum atomic E-state index is 13.3. The number of ether oxygens (including phenoxy) is 2. The van der Waals surface area contributed by atoms with Crippen LogP contribution >= 0.6 is 0 Å². The van der Waals surface area contributed by atoms with E-state index in [1.54, 1.807) is 24.3 Å². The van der Waals surface area contributed by atoms with Crippen LogP contribution in [0.25, 0.3) is 0 Å². The highest BCUT2D eigenvalue weighted by molar-refractivity contribution is 7.90. The summed E-state index contributed by atoms with van der Waals surface area (Å²) in [5.74, 6) is 0.0838. The van der Waals surface area contributed by atoms with Gasteiger partial charge in [-0.25, -0.2) is 8.42 Å². The molecule has 0 aliphatic heterocycles. The molecule has 0 aliphatic carbocycles. The molecule has 3 aromatic carbocycles. The van der Waals surface area contributed by atoms with Gasteiger partial charge in [0, 0.05) is 11.8 Å². The molecule has 1 amide bonds. The van der Waals surface area contributed by atoms with E-state index in [1.165, 1.54) is 18.2 Å². The topological polar surface area (TPSA) is 81.7 Å². The molecule has 0 spiro atoms. The SMILES string of the molecule is CCOc1ccc(Oc2ccc(C(F)(F)F)cc2NC(=O)c2cccc(S(C)(=O)=O)c2)cc1. The second-order valence-corrected chi connectivity index (χ2v) is 8.99. The van der Waals surface area contributed by atoms with Crippen molar-refractivity contribution in [2.45, 2.75) is 18.0 Å². The van der Waals surface area contributed by atoms with E-state index in [1.807, 2.05) is 6.92 Å². The van der Waals surface area contributed by atoms with Crippen LogP contribution in [-0.2, 0) is 16.0 Å². The summed E-state index contributed by atoms with van der Waals surface area (Å²) in [5.41, 5.74) is -1.25. The number of carbonyl (C=O) groups is 1. The summed E-state index contributed by atoms with van der Waals surface area (Å²) in [6.07, 6.45) is -3.66. The van der Waals surface area contributed by atoms with Crippen molar-refractivity contribution in [3.05, 3.63) is 77.9 Å². The molecule has 0 heterocycles. The molecule has 0 radical (unpaired) electrons. The Hall–Kier alpha value is -3.53. The number of anilines is 1. The highest BCUT2D eigenvalue weighted by Gasteiger charge is 2.31. The van der Waals surface area contributed by atoms with Crippen molar-refractivity contribution in [3.8, 4) is 17.2 Å². The zero-order chi connectivity index (χ0) is 24.2. The molecule has 0 aliphatic rings. The molecule has 3 aromatic rings. The summed E-state index contributed by atoms with van der Waals surface area (Å²) >= 11 is 0. The normalized spacial score (nSPS) is 11.7. The van der Waals surface area contributed by atoms with Crippen LogP contribution in [0.15, 0.2) is 71.6 Å². The number of nitrogens with one attached hydrogen (secondary N) is 1. The van der Waals surface area contributed by atoms with Crippen LogP contribution in [0.4, 0.5) is 18.9 Å². The van der Waals surface area contributed by atoms with E-state index >= 15 is 0 Å². The number of rotatable bonds is 7. The first-order valence-corrected chi connectivity index (χ1v) is 11.6. The molecule has 174 valence electrons. The first-order chi connectivity index (χ1) is 15.5. The molecule has 0 aromatic heterocycles. The molecule has 0 saturated carbocycles. The monoisotopic (exact) mass is 479 g/mol. The Morgan fingerprint density at radius 3 is 2.24 bits per heavy atom. The Kier molecular flexibility index (Phi) is 6.97. The van der Waals surface area contributed by atoms with Gasteiger partial charge in [0.15, 0.2) is 15.6 Å². The third kappa shape index (κ3) is 6.26. The first-order valence-electron chi connectivity index (χ1n) is 9.71. The van der Waals surface area contributed by atoms with Gasteiger partial charge >= 0.3 is 6.18 Å². The molecular weight excluding hydrogens is 459 g/mol. The molecule has 0 atom stereocenters. The Labute approximate surface area is 188 Å². The van der Waals surface area contributed by atoms with Gasteiger partial charge in [0.1, 0.15) is 11.5 Å². The predicted molar refractivity (Wildman–Crippen MR) is 117 cm³/mol. The van der Waals surface area contributed by atoms with Crippen LogP contribution in [0.2, 0.25) is 0 Å². The summed E-state index contributed by atoms with van der Waals surface area (Å²) in [6.45, 7) is 2.29. The van der Waals surface area contributed by atoms with Crippen molar-refractivity contribution < 1.29 is 35.9 Å². The lowest BCUT2D eigenvalue weighted by molar-refractivity contribution is -0.137. The van der Waals surface area contributed by atoms with E-state index in [-0.39, 0.29) is 21.9 Å². The molecule has 0 unspecified atom stereocenters. The number of hydrogen-bond acceptors (Lipinski definition) is 5. The van der Waals surface area contributed by atoms with Crippen molar-refractivity contribution in [3.63, 3.8) is 0 Å². The summed E-state index contributed by atoms with van der Waals surface area (Å²) < 4.78 is 74.3. The Morgan fingerprint density at radius 1 is 0.970 bits per heavy atom. The van der Waals surface area contributed by atoms with E-state index in [2.05, 4.69) is 5.32 Å². The van der Waals surface area contributed by atoms with E-state index in [0.29, 0.717) is 18.1 Å². The smallest absolute Gasteiger partial charge is 0.416 e. The number of hydrogen-bond donors (Lipinski definition) is 1. The van der Waals surface area contributed by atoms with Gasteiger partial charge in [0.05, 0.1) is 22.8 Å². The van der Waals surface area contributed by atoms with Crippen molar-refractivity contribution in [2.75, 3.05) is 18.2 Å². The molecule has 0 saturated heterocycles. The lowest BCUT2D eigenvalue weighted by Gasteiger charge is -2.16. The zero-order valence-corrected chi connectivity index (χ0v) is 18.5. The lowest BCUT2D eigenvalue weighted by Crippen LogP contribution is -2.14. The van der Waals surface area contributed by atoms with E-state index < -0.39 is 27.5 Å². The molecule has 0 bridgehead atoms. The standard InChI is InChI=1S/C23H20F3NO5S/c1-3-31-17-8-10-18(11-9-17)32-21-12-7-16(23(24,25)26)14-20(21)27-22(28)15-5-4-6-19(13-15)33(2,29)30/h4-14H,3H2,1-2H3,(H,27,28). The highest BCUT2D eigenvalue weighted by Crippen LogP contribution is 2.37. The fraction of sp³-hybridized carbons (Fsp3) is 0.174. The number of benzene rings is 3. The van der Waals surface area contributed by atoms with Gasteiger partial charge in [0.25, 0.3) is 5.91 Å². The number of amides is 1. The van der Waals surface area contributed by atoms with Gasteiger partial charge in [-0.1, -0.05) is 6.07 Å². The van der Waals surface area contributed by atoms with Gasteiger partial charge in [0.2, 0.25) is 0 Å². The minimum Gasteiger partial charge on any atom is -0.494 e. The number of carbonyl (C=O) groups excluding carboxylic acids is 1. The molecular formula is C23H20F3NO5S. The van der Waals surface area contributed by atoms with Gasteiger partial charge in [-0.2, -0.15) is 13.2 Å². The van der Waals surface area contributed by atoms with Crippen LogP contribution in [-0.4, -0.2) is 27.2 Å². The summed E-state index contributed by atoms with van der Waals surface area (Å²) in [5, 5.41) is 2.39. The minimum atomic E-state index is -4.65. The third-order valence-corrected chi connectivity index (χ3v) is 5.55. The highest BCUT2D eigenvalue weighted by atomic mass is 32.2. The van der Waals surface area contributed by atoms with Gasteiger partial charge < -0.3 is 14.8 Å². The van der Waals surface area contributed by atoms with Crippen molar-refractivity contribution in [1.82, 2.24) is 0 Å². The number of sulfone groups is 1. The number of alkyl halides is 3. The molecule has 3 rings (SSSR count). The van der Waals surface area contributed by atoms with E-state index in [9.17, 15) is 26.4 Å². The zero-order valence-electron chi connectivity index (χ0n) is 17.6. The first kappa shape index (κ1) is 24.1. The molecule has 6 nitrogen and oxygen atoms in total. The molecule has 1 N–H and O–H groups in total. The van der Waals surface area contributed by atoms with Gasteiger partial charge in [-0.3, -0.25) is 4.79 Å². The molecule has 0 fully saturated rings. The Morgan fingerprint density at radius 2 is 1.64 bits per heavy atom. The Balaban J connectivity index is 1.94. The van der Waals surface area contributed by atoms with Crippen LogP contribution in [0.1, 0.15) is 22.8 Å². The van der Waals surface area contributed by atoms with Crippen molar-refractivity contribution in [2.24, 2.45) is 0 Å². The average molecular weight is 479 g/mol. The largest absolute Gasteiger partial charge is 0.494 e. The average Bonchev–Trinajstić information content (AvgIpc) is 2.75.